The van der Waals surface area contributed by atoms with Gasteiger partial charge in [-0.2, -0.15) is 0 Å². The molecule has 1 heterocycles. The van der Waals surface area contributed by atoms with Gasteiger partial charge in [0.15, 0.2) is 0 Å². The highest BCUT2D eigenvalue weighted by Crippen LogP contribution is 2.38. The molecule has 0 bridgehead atoms. The predicted molar refractivity (Wildman–Crippen MR) is 93.1 cm³/mol. The van der Waals surface area contributed by atoms with Crippen molar-refractivity contribution in [1.29, 1.82) is 0 Å². The second kappa shape index (κ2) is 7.02. The highest BCUT2D eigenvalue weighted by Gasteiger charge is 2.31. The van der Waals surface area contributed by atoms with E-state index in [1.807, 2.05) is 31.3 Å². The monoisotopic (exact) mass is 312 g/mol. The number of likely N-dealkylation sites (N-methyl/N-ethyl adjacent to an activating group) is 1. The fourth-order valence-electron chi connectivity index (χ4n) is 3.22. The number of rotatable bonds is 5. The number of aliphatic hydroxyl groups excluding tert-OH is 1. The molecule has 0 spiro atoms. The molecule has 23 heavy (non-hydrogen) atoms. The van der Waals surface area contributed by atoms with Gasteiger partial charge in [0.2, 0.25) is 0 Å². The van der Waals surface area contributed by atoms with Crippen LogP contribution in [0.25, 0.3) is 0 Å². The van der Waals surface area contributed by atoms with E-state index in [0.717, 1.165) is 23.5 Å². The molecule has 2 aromatic carbocycles. The lowest BCUT2D eigenvalue weighted by Gasteiger charge is -2.40. The Morgan fingerprint density at radius 1 is 1.22 bits per heavy atom. The van der Waals surface area contributed by atoms with Crippen LogP contribution >= 0.6 is 0 Å². The smallest absolute Gasteiger partial charge is 0.142 e. The number of ether oxygens (including phenoxy) is 1. The molecule has 2 atom stereocenters. The molecule has 0 saturated carbocycles. The van der Waals surface area contributed by atoms with E-state index in [2.05, 4.69) is 41.4 Å². The van der Waals surface area contributed by atoms with Gasteiger partial charge in [-0.3, -0.25) is 0 Å². The summed E-state index contributed by atoms with van der Waals surface area (Å²) in [5, 5.41) is 13.8. The number of anilines is 1. The number of hydrogen-bond donors (Lipinski definition) is 2. The Hall–Kier alpha value is -2.04. The molecule has 2 N–H and O–H groups in total. The van der Waals surface area contributed by atoms with Crippen LogP contribution in [0.5, 0.6) is 5.75 Å². The lowest BCUT2D eigenvalue weighted by molar-refractivity contribution is 0.135. The summed E-state index contributed by atoms with van der Waals surface area (Å²) in [6.45, 7) is 4.01. The van der Waals surface area contributed by atoms with Gasteiger partial charge in [-0.1, -0.05) is 36.4 Å². The molecular weight excluding hydrogens is 288 g/mol. The first-order valence-electron chi connectivity index (χ1n) is 8.08. The second-order valence-electron chi connectivity index (χ2n) is 5.99. The first-order valence-corrected chi connectivity index (χ1v) is 8.08. The SMILES string of the molecule is CNC[C@@H](O)[C@H](c1ccccc1)N1CCOc2ccc(C)cc21. The Kier molecular flexibility index (Phi) is 4.84. The Bertz CT molecular complexity index is 645. The quantitative estimate of drug-likeness (QED) is 0.890. The largest absolute Gasteiger partial charge is 0.490 e. The van der Waals surface area contributed by atoms with Crippen molar-refractivity contribution in [3.63, 3.8) is 0 Å². The summed E-state index contributed by atoms with van der Waals surface area (Å²) in [5.41, 5.74) is 3.36. The maximum Gasteiger partial charge on any atom is 0.142 e. The van der Waals surface area contributed by atoms with Gasteiger partial charge in [0, 0.05) is 6.54 Å². The number of aryl methyl sites for hydroxylation is 1. The van der Waals surface area contributed by atoms with Gasteiger partial charge in [-0.25, -0.2) is 0 Å². The van der Waals surface area contributed by atoms with E-state index in [-0.39, 0.29) is 6.04 Å². The summed E-state index contributed by atoms with van der Waals surface area (Å²) in [4.78, 5) is 2.27. The number of hydrogen-bond acceptors (Lipinski definition) is 4. The third kappa shape index (κ3) is 3.33. The topological polar surface area (TPSA) is 44.7 Å². The van der Waals surface area contributed by atoms with E-state index in [1.54, 1.807) is 0 Å². The summed E-state index contributed by atoms with van der Waals surface area (Å²) in [7, 11) is 1.86. The number of fused-ring (bicyclic) bond motifs is 1. The first kappa shape index (κ1) is 15.8. The van der Waals surface area contributed by atoms with Crippen LogP contribution in [0.1, 0.15) is 17.2 Å². The normalized spacial score (nSPS) is 16.4. The molecule has 0 fully saturated rings. The van der Waals surface area contributed by atoms with E-state index in [4.69, 9.17) is 4.74 Å². The molecule has 0 aromatic heterocycles. The fraction of sp³-hybridized carbons (Fsp3) is 0.368. The molecule has 122 valence electrons. The summed E-state index contributed by atoms with van der Waals surface area (Å²) < 4.78 is 5.80. The zero-order chi connectivity index (χ0) is 16.2. The molecule has 0 unspecified atom stereocenters. The summed E-state index contributed by atoms with van der Waals surface area (Å²) in [6, 6.07) is 16.3. The molecule has 0 amide bonds. The van der Waals surface area contributed by atoms with E-state index < -0.39 is 6.10 Å². The number of aliphatic hydroxyl groups is 1. The van der Waals surface area contributed by atoms with Gasteiger partial charge < -0.3 is 20.1 Å². The lowest BCUT2D eigenvalue weighted by atomic mass is 9.97. The van der Waals surface area contributed by atoms with Crippen molar-refractivity contribution in [3.05, 3.63) is 59.7 Å². The van der Waals surface area contributed by atoms with Crippen molar-refractivity contribution in [2.45, 2.75) is 19.1 Å². The van der Waals surface area contributed by atoms with E-state index in [9.17, 15) is 5.11 Å². The minimum atomic E-state index is -0.506. The Morgan fingerprint density at radius 3 is 2.74 bits per heavy atom. The van der Waals surface area contributed by atoms with Gasteiger partial charge in [0.1, 0.15) is 12.4 Å². The zero-order valence-corrected chi connectivity index (χ0v) is 13.7. The van der Waals surface area contributed by atoms with Crippen molar-refractivity contribution in [1.82, 2.24) is 5.32 Å². The molecular formula is C19H24N2O2. The highest BCUT2D eigenvalue weighted by molar-refractivity contribution is 5.62. The predicted octanol–water partition coefficient (Wildman–Crippen LogP) is 2.52. The van der Waals surface area contributed by atoms with Crippen molar-refractivity contribution in [2.75, 3.05) is 31.6 Å². The van der Waals surface area contributed by atoms with Crippen LogP contribution in [0, 0.1) is 6.92 Å². The standard InChI is InChI=1S/C19H24N2O2/c1-14-8-9-18-16(12-14)21(10-11-23-18)19(17(22)13-20-2)15-6-4-3-5-7-15/h3-9,12,17,19-20,22H,10-11,13H2,1-2H3/t17-,19+/m1/s1. The van der Waals surface area contributed by atoms with Gasteiger partial charge in [-0.15, -0.1) is 0 Å². The third-order valence-electron chi connectivity index (χ3n) is 4.27. The van der Waals surface area contributed by atoms with Gasteiger partial charge in [0.05, 0.1) is 24.4 Å². The number of benzene rings is 2. The highest BCUT2D eigenvalue weighted by atomic mass is 16.5. The van der Waals surface area contributed by atoms with Crippen LogP contribution < -0.4 is 15.0 Å². The Balaban J connectivity index is 2.03. The van der Waals surface area contributed by atoms with E-state index in [0.29, 0.717) is 13.2 Å². The van der Waals surface area contributed by atoms with Crippen molar-refractivity contribution in [3.8, 4) is 5.75 Å². The lowest BCUT2D eigenvalue weighted by Crippen LogP contribution is -2.44. The molecule has 2 aromatic rings. The van der Waals surface area contributed by atoms with Crippen molar-refractivity contribution < 1.29 is 9.84 Å². The number of nitrogens with one attached hydrogen (secondary N) is 1. The Labute approximate surface area is 137 Å². The van der Waals surface area contributed by atoms with Crippen LogP contribution in [0.2, 0.25) is 0 Å². The average Bonchev–Trinajstić information content (AvgIpc) is 2.57. The summed E-state index contributed by atoms with van der Waals surface area (Å²) >= 11 is 0. The van der Waals surface area contributed by atoms with E-state index >= 15 is 0 Å². The second-order valence-corrected chi connectivity index (χ2v) is 5.99. The minimum absolute atomic E-state index is 0.104. The molecule has 0 aliphatic carbocycles. The van der Waals surface area contributed by atoms with Crippen LogP contribution in [0.15, 0.2) is 48.5 Å². The Morgan fingerprint density at radius 2 is 2.00 bits per heavy atom. The molecule has 0 saturated heterocycles. The molecule has 4 nitrogen and oxygen atoms in total. The molecule has 4 heteroatoms. The summed E-state index contributed by atoms with van der Waals surface area (Å²) in [5.74, 6) is 0.888. The van der Waals surface area contributed by atoms with Gasteiger partial charge >= 0.3 is 0 Å². The number of nitrogens with zero attached hydrogens (tertiary/aromatic N) is 1. The maximum absolute atomic E-state index is 10.8. The van der Waals surface area contributed by atoms with Crippen LogP contribution in [0.4, 0.5) is 5.69 Å². The van der Waals surface area contributed by atoms with Crippen molar-refractivity contribution in [2.24, 2.45) is 0 Å². The van der Waals surface area contributed by atoms with E-state index in [1.165, 1.54) is 5.56 Å². The first-order chi connectivity index (χ1) is 11.2. The molecule has 1 aliphatic heterocycles. The zero-order valence-electron chi connectivity index (χ0n) is 13.7. The molecule has 3 rings (SSSR count). The minimum Gasteiger partial charge on any atom is -0.490 e. The van der Waals surface area contributed by atoms with Crippen LogP contribution in [-0.4, -0.2) is 38.0 Å². The van der Waals surface area contributed by atoms with Crippen LogP contribution in [0.3, 0.4) is 0 Å². The summed E-state index contributed by atoms with van der Waals surface area (Å²) in [6.07, 6.45) is -0.506. The van der Waals surface area contributed by atoms with Gasteiger partial charge in [-0.05, 0) is 37.2 Å². The van der Waals surface area contributed by atoms with Gasteiger partial charge in [0.25, 0.3) is 0 Å². The van der Waals surface area contributed by atoms with Crippen molar-refractivity contribution >= 4 is 5.69 Å². The fourth-order valence-corrected chi connectivity index (χ4v) is 3.22. The maximum atomic E-state index is 10.8. The molecule has 1 aliphatic rings. The average molecular weight is 312 g/mol. The third-order valence-corrected chi connectivity index (χ3v) is 4.27. The molecule has 0 radical (unpaired) electrons. The van der Waals surface area contributed by atoms with Crippen LogP contribution in [-0.2, 0) is 0 Å².